The van der Waals surface area contributed by atoms with Crippen molar-refractivity contribution in [1.29, 1.82) is 0 Å². The van der Waals surface area contributed by atoms with E-state index in [-0.39, 0.29) is 0 Å². The molecule has 2 aromatic rings. The molecular formula is C15H17Cl3N2S. The highest BCUT2D eigenvalue weighted by Crippen LogP contribution is 2.31. The van der Waals surface area contributed by atoms with Gasteiger partial charge < -0.3 is 4.57 Å². The van der Waals surface area contributed by atoms with Crippen LogP contribution < -0.4 is 0 Å². The summed E-state index contributed by atoms with van der Waals surface area (Å²) in [6, 6.07) is 3.78. The number of hydrogen-bond acceptors (Lipinski definition) is 2. The first-order valence-electron chi connectivity index (χ1n) is 7.17. The Bertz CT molecular complexity index is 635. The van der Waals surface area contributed by atoms with E-state index in [1.54, 1.807) is 0 Å². The molecule has 0 unspecified atom stereocenters. The van der Waals surface area contributed by atoms with E-state index in [1.165, 1.54) is 24.3 Å². The summed E-state index contributed by atoms with van der Waals surface area (Å²) in [5.74, 6) is 4.85. The van der Waals surface area contributed by atoms with Crippen LogP contribution in [0.4, 0.5) is 0 Å². The van der Waals surface area contributed by atoms with Crippen molar-refractivity contribution >= 4 is 57.6 Å². The summed E-state index contributed by atoms with van der Waals surface area (Å²) in [6.45, 7) is 1.00. The van der Waals surface area contributed by atoms with Gasteiger partial charge in [0.2, 0.25) is 0 Å². The minimum Gasteiger partial charge on any atom is -0.328 e. The smallest absolute Gasteiger partial charge is 0.111 e. The molecular weight excluding hydrogens is 347 g/mol. The lowest BCUT2D eigenvalue weighted by atomic mass is 10.0. The number of imidazole rings is 1. The van der Waals surface area contributed by atoms with E-state index in [4.69, 9.17) is 39.8 Å². The Kier molecular flexibility index (Phi) is 5.26. The van der Waals surface area contributed by atoms with Crippen LogP contribution in [0.25, 0.3) is 11.0 Å². The lowest BCUT2D eigenvalue weighted by Gasteiger charge is -2.23. The van der Waals surface area contributed by atoms with Gasteiger partial charge in [0.05, 0.1) is 21.1 Å². The maximum absolute atomic E-state index is 6.19. The van der Waals surface area contributed by atoms with Gasteiger partial charge in [-0.25, -0.2) is 4.98 Å². The van der Waals surface area contributed by atoms with Crippen molar-refractivity contribution in [2.45, 2.75) is 25.8 Å². The number of alkyl halides is 1. The molecule has 0 aliphatic carbocycles. The highest BCUT2D eigenvalue weighted by molar-refractivity contribution is 7.99. The fraction of sp³-hybridized carbons (Fsp3) is 0.533. The number of aryl methyl sites for hydroxylation is 1. The van der Waals surface area contributed by atoms with Gasteiger partial charge in [-0.05, 0) is 42.4 Å². The molecule has 3 rings (SSSR count). The van der Waals surface area contributed by atoms with E-state index in [0.717, 1.165) is 29.8 Å². The molecule has 1 aromatic heterocycles. The van der Waals surface area contributed by atoms with Gasteiger partial charge in [-0.3, -0.25) is 0 Å². The molecule has 114 valence electrons. The average Bonchev–Trinajstić information content (AvgIpc) is 2.79. The zero-order valence-corrected chi connectivity index (χ0v) is 14.7. The van der Waals surface area contributed by atoms with Crippen molar-refractivity contribution in [3.63, 3.8) is 0 Å². The SMILES string of the molecule is ClCCc1nc2cc(Cl)c(Cl)cc2n1CC1CCSCC1. The maximum atomic E-state index is 6.19. The molecule has 0 amide bonds. The number of nitrogens with zero attached hydrogens (tertiary/aromatic N) is 2. The van der Waals surface area contributed by atoms with Gasteiger partial charge in [0.1, 0.15) is 5.82 Å². The van der Waals surface area contributed by atoms with Gasteiger partial charge in [-0.15, -0.1) is 11.6 Å². The van der Waals surface area contributed by atoms with Crippen LogP contribution in [0.5, 0.6) is 0 Å². The first kappa shape index (κ1) is 15.8. The molecule has 0 radical (unpaired) electrons. The van der Waals surface area contributed by atoms with Gasteiger partial charge in [-0.2, -0.15) is 11.8 Å². The van der Waals surface area contributed by atoms with Crippen molar-refractivity contribution in [3.8, 4) is 0 Å². The first-order chi connectivity index (χ1) is 10.2. The van der Waals surface area contributed by atoms with E-state index in [2.05, 4.69) is 4.57 Å². The van der Waals surface area contributed by atoms with Crippen molar-refractivity contribution in [2.75, 3.05) is 17.4 Å². The van der Waals surface area contributed by atoms with E-state index in [0.29, 0.717) is 21.8 Å². The van der Waals surface area contributed by atoms with Crippen LogP contribution >= 0.6 is 46.6 Å². The Hall–Kier alpha value is -0.0900. The summed E-state index contributed by atoms with van der Waals surface area (Å²) in [5, 5.41) is 1.14. The molecule has 1 aliphatic rings. The van der Waals surface area contributed by atoms with Crippen molar-refractivity contribution < 1.29 is 0 Å². The fourth-order valence-corrected chi connectivity index (χ4v) is 4.53. The Balaban J connectivity index is 2.00. The van der Waals surface area contributed by atoms with Crippen LogP contribution in [-0.4, -0.2) is 26.9 Å². The molecule has 2 heterocycles. The number of halogens is 3. The third kappa shape index (κ3) is 3.47. The van der Waals surface area contributed by atoms with Gasteiger partial charge >= 0.3 is 0 Å². The van der Waals surface area contributed by atoms with Crippen LogP contribution in [0.1, 0.15) is 18.7 Å². The number of hydrogen-bond donors (Lipinski definition) is 0. The second kappa shape index (κ2) is 6.99. The molecule has 6 heteroatoms. The van der Waals surface area contributed by atoms with E-state index >= 15 is 0 Å². The highest BCUT2D eigenvalue weighted by atomic mass is 35.5. The molecule has 0 spiro atoms. The van der Waals surface area contributed by atoms with E-state index in [9.17, 15) is 0 Å². The van der Waals surface area contributed by atoms with Gasteiger partial charge in [0, 0.05) is 18.8 Å². The molecule has 1 aliphatic heterocycles. The predicted molar refractivity (Wildman–Crippen MR) is 94.2 cm³/mol. The number of benzene rings is 1. The standard InChI is InChI=1S/C15H17Cl3N2S/c16-4-1-15-19-13-7-11(17)12(18)8-14(13)20(15)9-10-2-5-21-6-3-10/h7-8,10H,1-6,9H2. The van der Waals surface area contributed by atoms with Crippen molar-refractivity contribution in [3.05, 3.63) is 28.0 Å². The summed E-state index contributed by atoms with van der Waals surface area (Å²) in [5.41, 5.74) is 1.98. The average molecular weight is 364 g/mol. The van der Waals surface area contributed by atoms with E-state index < -0.39 is 0 Å². The molecule has 0 atom stereocenters. The van der Waals surface area contributed by atoms with Gasteiger partial charge in [0.15, 0.2) is 0 Å². The molecule has 0 saturated carbocycles. The largest absolute Gasteiger partial charge is 0.328 e. The maximum Gasteiger partial charge on any atom is 0.111 e. The van der Waals surface area contributed by atoms with Crippen LogP contribution in [0.15, 0.2) is 12.1 Å². The summed E-state index contributed by atoms with van der Waals surface area (Å²) in [4.78, 5) is 4.70. The Morgan fingerprint density at radius 1 is 1.19 bits per heavy atom. The molecule has 1 saturated heterocycles. The summed E-state index contributed by atoms with van der Waals surface area (Å²) < 4.78 is 2.29. The third-order valence-electron chi connectivity index (χ3n) is 3.97. The van der Waals surface area contributed by atoms with Crippen LogP contribution in [0, 0.1) is 5.92 Å². The zero-order chi connectivity index (χ0) is 14.8. The summed E-state index contributed by atoms with van der Waals surface area (Å²) in [6.07, 6.45) is 3.31. The second-order valence-corrected chi connectivity index (χ2v) is 7.81. The minimum absolute atomic E-state index is 0.556. The molecule has 0 bridgehead atoms. The molecule has 1 aromatic carbocycles. The number of rotatable bonds is 4. The summed E-state index contributed by atoms with van der Waals surface area (Å²) >= 11 is 20.3. The normalized spacial score (nSPS) is 16.7. The highest BCUT2D eigenvalue weighted by Gasteiger charge is 2.19. The quantitative estimate of drug-likeness (QED) is 0.689. The molecule has 21 heavy (non-hydrogen) atoms. The molecule has 1 fully saturated rings. The third-order valence-corrected chi connectivity index (χ3v) is 5.93. The Morgan fingerprint density at radius 3 is 2.62 bits per heavy atom. The Labute approximate surface area is 144 Å². The second-order valence-electron chi connectivity index (χ2n) is 5.39. The monoisotopic (exact) mass is 362 g/mol. The Morgan fingerprint density at radius 2 is 1.90 bits per heavy atom. The van der Waals surface area contributed by atoms with Crippen molar-refractivity contribution in [2.24, 2.45) is 5.92 Å². The predicted octanol–water partition coefficient (Wildman–Crippen LogP) is 5.27. The van der Waals surface area contributed by atoms with Crippen molar-refractivity contribution in [1.82, 2.24) is 9.55 Å². The first-order valence-corrected chi connectivity index (χ1v) is 9.61. The van der Waals surface area contributed by atoms with Gasteiger partial charge in [-0.1, -0.05) is 23.2 Å². The topological polar surface area (TPSA) is 17.8 Å². The number of aromatic nitrogens is 2. The lowest BCUT2D eigenvalue weighted by Crippen LogP contribution is -2.18. The lowest BCUT2D eigenvalue weighted by molar-refractivity contribution is 0.416. The fourth-order valence-electron chi connectivity index (χ4n) is 2.84. The molecule has 2 nitrogen and oxygen atoms in total. The molecule has 0 N–H and O–H groups in total. The van der Waals surface area contributed by atoms with Crippen LogP contribution in [0.3, 0.4) is 0 Å². The van der Waals surface area contributed by atoms with E-state index in [1.807, 2.05) is 23.9 Å². The van der Waals surface area contributed by atoms with Crippen LogP contribution in [0.2, 0.25) is 10.0 Å². The number of thioether (sulfide) groups is 1. The summed E-state index contributed by atoms with van der Waals surface area (Å²) in [7, 11) is 0. The minimum atomic E-state index is 0.556. The zero-order valence-electron chi connectivity index (χ0n) is 11.6. The van der Waals surface area contributed by atoms with Crippen LogP contribution in [-0.2, 0) is 13.0 Å². The number of fused-ring (bicyclic) bond motifs is 1. The van der Waals surface area contributed by atoms with Gasteiger partial charge in [0.25, 0.3) is 0 Å².